The Hall–Kier alpha value is -0.580. The van der Waals surface area contributed by atoms with E-state index in [4.69, 9.17) is 20.4 Å². The summed E-state index contributed by atoms with van der Waals surface area (Å²) in [4.78, 5) is 0. The molecule has 0 unspecified atom stereocenters. The molecule has 0 radical (unpaired) electrons. The summed E-state index contributed by atoms with van der Waals surface area (Å²) in [5, 5.41) is 32.8. The van der Waals surface area contributed by atoms with Gasteiger partial charge in [-0.1, -0.05) is 13.8 Å². The van der Waals surface area contributed by atoms with E-state index in [2.05, 4.69) is 0 Å². The van der Waals surface area contributed by atoms with E-state index in [1.54, 1.807) is 13.8 Å². The third kappa shape index (κ3) is 14.3. The number of hydrogen-bond acceptors (Lipinski definition) is 4. The molecule has 0 amide bonds. The van der Waals surface area contributed by atoms with Crippen molar-refractivity contribution in [1.29, 1.82) is 0 Å². The molecule has 0 atom stereocenters. The minimum absolute atomic E-state index is 0.0451. The van der Waals surface area contributed by atoms with Crippen LogP contribution in [0.3, 0.4) is 0 Å². The normalized spacial score (nSPS) is 11.2. The molecule has 0 aromatic heterocycles. The third-order valence-electron chi connectivity index (χ3n) is 1.26. The number of aliphatic hydroxyl groups excluding tert-OH is 4. The molecule has 13 heavy (non-hydrogen) atoms. The number of rotatable bonds is 4. The zero-order valence-corrected chi connectivity index (χ0v) is 8.27. The topological polar surface area (TPSA) is 80.9 Å². The predicted molar refractivity (Wildman–Crippen MR) is 51.4 cm³/mol. The summed E-state index contributed by atoms with van der Waals surface area (Å²) in [5.41, 5.74) is -0.306. The zero-order chi connectivity index (χ0) is 10.7. The van der Waals surface area contributed by atoms with Gasteiger partial charge in [-0.05, 0) is 12.5 Å². The van der Waals surface area contributed by atoms with Gasteiger partial charge in [0.2, 0.25) is 0 Å². The van der Waals surface area contributed by atoms with Gasteiger partial charge in [-0.2, -0.15) is 0 Å². The van der Waals surface area contributed by atoms with Gasteiger partial charge in [0.1, 0.15) is 0 Å². The molecular weight excluding hydrogens is 172 g/mol. The van der Waals surface area contributed by atoms with Gasteiger partial charge < -0.3 is 20.4 Å². The molecule has 4 nitrogen and oxygen atoms in total. The van der Waals surface area contributed by atoms with Crippen molar-refractivity contribution in [2.24, 2.45) is 5.41 Å². The Morgan fingerprint density at radius 3 is 1.62 bits per heavy atom. The van der Waals surface area contributed by atoms with Crippen LogP contribution < -0.4 is 0 Å². The first kappa shape index (κ1) is 14.9. The predicted octanol–water partition coefficient (Wildman–Crippen LogP) is 0.438. The summed E-state index contributed by atoms with van der Waals surface area (Å²) in [6, 6.07) is 0. The van der Waals surface area contributed by atoms with Crippen LogP contribution in [0.4, 0.5) is 0 Å². The van der Waals surface area contributed by atoms with E-state index in [1.807, 2.05) is 0 Å². The molecule has 0 spiro atoms. The summed E-state index contributed by atoms with van der Waals surface area (Å²) in [5.74, 6) is 0. The maximum Gasteiger partial charge on any atom is 0.0752 e. The highest BCUT2D eigenvalue weighted by molar-refractivity contribution is 4.69. The highest BCUT2D eigenvalue weighted by Crippen LogP contribution is 2.10. The first-order valence-corrected chi connectivity index (χ1v) is 4.16. The summed E-state index contributed by atoms with van der Waals surface area (Å²) in [6.07, 6.45) is 2.95. The van der Waals surface area contributed by atoms with E-state index in [-0.39, 0.29) is 25.2 Å². The van der Waals surface area contributed by atoms with Gasteiger partial charge in [-0.25, -0.2) is 0 Å². The molecule has 0 rings (SSSR count). The Morgan fingerprint density at radius 2 is 1.54 bits per heavy atom. The second-order valence-electron chi connectivity index (χ2n) is 3.38. The summed E-state index contributed by atoms with van der Waals surface area (Å²) in [7, 11) is 0. The van der Waals surface area contributed by atoms with E-state index in [0.717, 1.165) is 6.26 Å². The minimum Gasteiger partial charge on any atom is -0.516 e. The largest absolute Gasteiger partial charge is 0.516 e. The van der Waals surface area contributed by atoms with Gasteiger partial charge in [0.05, 0.1) is 19.5 Å². The Kier molecular flexibility index (Phi) is 10.9. The molecule has 4 N–H and O–H groups in total. The van der Waals surface area contributed by atoms with E-state index in [9.17, 15) is 0 Å². The fourth-order valence-electron chi connectivity index (χ4n) is 0.199. The average Bonchev–Trinajstić information content (AvgIpc) is 2.16. The molecule has 0 saturated heterocycles. The van der Waals surface area contributed by atoms with Crippen LogP contribution in [0.1, 0.15) is 20.3 Å². The maximum absolute atomic E-state index is 8.43. The number of hydrogen-bond donors (Lipinski definition) is 4. The average molecular weight is 192 g/mol. The van der Waals surface area contributed by atoms with Crippen molar-refractivity contribution in [3.8, 4) is 0 Å². The van der Waals surface area contributed by atoms with E-state index >= 15 is 0 Å². The quantitative estimate of drug-likeness (QED) is 0.487. The van der Waals surface area contributed by atoms with Crippen molar-refractivity contribution < 1.29 is 20.4 Å². The fraction of sp³-hybridized carbons (Fsp3) is 0.778. The van der Waals surface area contributed by atoms with Crippen LogP contribution in [0.5, 0.6) is 0 Å². The second kappa shape index (κ2) is 9.51. The molecule has 0 heterocycles. The van der Waals surface area contributed by atoms with E-state index < -0.39 is 0 Å². The first-order chi connectivity index (χ1) is 6.04. The Morgan fingerprint density at radius 1 is 1.08 bits per heavy atom. The second-order valence-corrected chi connectivity index (χ2v) is 3.38. The highest BCUT2D eigenvalue weighted by atomic mass is 16.3. The molecule has 0 bridgehead atoms. The molecule has 0 aromatic carbocycles. The van der Waals surface area contributed by atoms with Crippen molar-refractivity contribution >= 4 is 0 Å². The molecule has 0 fully saturated rings. The smallest absolute Gasteiger partial charge is 0.0752 e. The van der Waals surface area contributed by atoms with Crippen LogP contribution in [-0.4, -0.2) is 40.2 Å². The summed E-state index contributed by atoms with van der Waals surface area (Å²) < 4.78 is 0. The molecule has 4 heteroatoms. The summed E-state index contributed by atoms with van der Waals surface area (Å²) >= 11 is 0. The van der Waals surface area contributed by atoms with Crippen molar-refractivity contribution in [1.82, 2.24) is 0 Å². The molecular formula is C9H20O4. The van der Waals surface area contributed by atoms with Gasteiger partial charge in [0, 0.05) is 12.0 Å². The first-order valence-electron chi connectivity index (χ1n) is 4.16. The molecule has 0 aliphatic carbocycles. The van der Waals surface area contributed by atoms with Crippen LogP contribution in [-0.2, 0) is 0 Å². The minimum atomic E-state index is -0.306. The van der Waals surface area contributed by atoms with Crippen molar-refractivity contribution in [2.45, 2.75) is 20.3 Å². The van der Waals surface area contributed by atoms with E-state index in [1.165, 1.54) is 6.08 Å². The molecule has 0 aliphatic heterocycles. The van der Waals surface area contributed by atoms with Gasteiger partial charge in [-0.3, -0.25) is 0 Å². The Balaban J connectivity index is 0. The maximum atomic E-state index is 8.43. The lowest BCUT2D eigenvalue weighted by Gasteiger charge is -2.16. The van der Waals surface area contributed by atoms with Crippen molar-refractivity contribution in [3.63, 3.8) is 0 Å². The van der Waals surface area contributed by atoms with Crippen LogP contribution in [0.25, 0.3) is 0 Å². The third-order valence-corrected chi connectivity index (χ3v) is 1.26. The molecule has 0 aliphatic rings. The molecule has 0 saturated carbocycles. The number of aliphatic hydroxyl groups is 4. The van der Waals surface area contributed by atoms with Gasteiger partial charge in [0.15, 0.2) is 0 Å². The lowest BCUT2D eigenvalue weighted by molar-refractivity contribution is 0.0857. The molecule has 0 aromatic rings. The highest BCUT2D eigenvalue weighted by Gasteiger charge is 2.13. The van der Waals surface area contributed by atoms with Gasteiger partial charge in [0.25, 0.3) is 0 Å². The van der Waals surface area contributed by atoms with Crippen LogP contribution in [0.15, 0.2) is 12.3 Å². The van der Waals surface area contributed by atoms with Crippen LogP contribution >= 0.6 is 0 Å². The monoisotopic (exact) mass is 192 g/mol. The lowest BCUT2D eigenvalue weighted by Crippen LogP contribution is -2.20. The van der Waals surface area contributed by atoms with E-state index in [0.29, 0.717) is 6.42 Å². The SMILES string of the molecule is CC(C)(CO)CO.O/C=C/CCO. The molecule has 80 valence electrons. The van der Waals surface area contributed by atoms with Crippen molar-refractivity contribution in [3.05, 3.63) is 12.3 Å². The van der Waals surface area contributed by atoms with Crippen molar-refractivity contribution in [2.75, 3.05) is 19.8 Å². The Bertz CT molecular complexity index is 115. The fourth-order valence-corrected chi connectivity index (χ4v) is 0.199. The lowest BCUT2D eigenvalue weighted by atomic mass is 9.97. The Labute approximate surface area is 79.2 Å². The summed E-state index contributed by atoms with van der Waals surface area (Å²) in [6.45, 7) is 3.80. The van der Waals surface area contributed by atoms with Gasteiger partial charge >= 0.3 is 0 Å². The zero-order valence-electron chi connectivity index (χ0n) is 8.27. The van der Waals surface area contributed by atoms with Crippen LogP contribution in [0, 0.1) is 5.41 Å². The van der Waals surface area contributed by atoms with Gasteiger partial charge in [-0.15, -0.1) is 0 Å². The van der Waals surface area contributed by atoms with Crippen LogP contribution in [0.2, 0.25) is 0 Å². The standard InChI is InChI=1S/C5H12O2.C4H8O2/c1-5(2,3-6)4-7;5-3-1-2-4-6/h6-7H,3-4H2,1-2H3;1,3,5-6H,2,4H2/b;3-1+.